The van der Waals surface area contributed by atoms with Crippen molar-refractivity contribution in [2.24, 2.45) is 16.8 Å². The molecule has 1 rings (SSSR count). The summed E-state index contributed by atoms with van der Waals surface area (Å²) in [6.45, 7) is 3.79. The van der Waals surface area contributed by atoms with Crippen LogP contribution in [0, 0.1) is 5.92 Å². The molecule has 1 heterocycles. The standard InChI is InChI=1S/C10H19N3O2/c1-2-3-8-4-5-13(7-8)10(14)6-9(11)12-15/h8,15H,2-7H2,1H3,(H2,11,12). The van der Waals surface area contributed by atoms with E-state index in [0.717, 1.165) is 25.9 Å². The highest BCUT2D eigenvalue weighted by Crippen LogP contribution is 2.21. The minimum atomic E-state index is -0.0381. The summed E-state index contributed by atoms with van der Waals surface area (Å²) in [7, 11) is 0. The second-order valence-corrected chi connectivity index (χ2v) is 4.05. The molecule has 1 unspecified atom stereocenters. The number of carbonyl (C=O) groups is 1. The van der Waals surface area contributed by atoms with E-state index in [9.17, 15) is 4.79 Å². The zero-order valence-electron chi connectivity index (χ0n) is 9.15. The number of hydrogen-bond donors (Lipinski definition) is 2. The first-order valence-electron chi connectivity index (χ1n) is 5.41. The SMILES string of the molecule is CCCC1CCN(C(=O)CC(N)=NO)C1. The van der Waals surface area contributed by atoms with Gasteiger partial charge >= 0.3 is 0 Å². The van der Waals surface area contributed by atoms with E-state index in [0.29, 0.717) is 5.92 Å². The quantitative estimate of drug-likeness (QED) is 0.313. The maximum Gasteiger partial charge on any atom is 0.230 e. The molecule has 0 aromatic carbocycles. The van der Waals surface area contributed by atoms with E-state index < -0.39 is 0 Å². The highest BCUT2D eigenvalue weighted by atomic mass is 16.4. The summed E-state index contributed by atoms with van der Waals surface area (Å²) in [4.78, 5) is 13.4. The zero-order valence-corrected chi connectivity index (χ0v) is 9.15. The fourth-order valence-corrected chi connectivity index (χ4v) is 2.01. The van der Waals surface area contributed by atoms with Crippen LogP contribution in [0.4, 0.5) is 0 Å². The summed E-state index contributed by atoms with van der Waals surface area (Å²) in [6.07, 6.45) is 3.44. The predicted octanol–water partition coefficient (Wildman–Crippen LogP) is 0.772. The molecule has 15 heavy (non-hydrogen) atoms. The molecule has 0 radical (unpaired) electrons. The third-order valence-electron chi connectivity index (χ3n) is 2.80. The number of amidine groups is 1. The fourth-order valence-electron chi connectivity index (χ4n) is 2.01. The Hall–Kier alpha value is -1.26. The van der Waals surface area contributed by atoms with Crippen LogP contribution in [-0.4, -0.2) is 34.9 Å². The van der Waals surface area contributed by atoms with Crippen molar-refractivity contribution in [1.82, 2.24) is 4.90 Å². The smallest absolute Gasteiger partial charge is 0.230 e. The van der Waals surface area contributed by atoms with Gasteiger partial charge in [0, 0.05) is 13.1 Å². The third-order valence-corrected chi connectivity index (χ3v) is 2.80. The van der Waals surface area contributed by atoms with Crippen molar-refractivity contribution in [3.63, 3.8) is 0 Å². The van der Waals surface area contributed by atoms with Crippen LogP contribution in [0.3, 0.4) is 0 Å². The van der Waals surface area contributed by atoms with Crippen LogP contribution in [0.5, 0.6) is 0 Å². The number of oxime groups is 1. The van der Waals surface area contributed by atoms with Crippen LogP contribution in [0.15, 0.2) is 5.16 Å². The number of carbonyl (C=O) groups excluding carboxylic acids is 1. The van der Waals surface area contributed by atoms with Gasteiger partial charge in [-0.25, -0.2) is 0 Å². The van der Waals surface area contributed by atoms with Gasteiger partial charge in [-0.3, -0.25) is 4.79 Å². The molecule has 1 saturated heterocycles. The number of likely N-dealkylation sites (tertiary alicyclic amines) is 1. The molecule has 1 fully saturated rings. The molecule has 3 N–H and O–H groups in total. The monoisotopic (exact) mass is 213 g/mol. The molecule has 1 atom stereocenters. The van der Waals surface area contributed by atoms with Crippen LogP contribution in [-0.2, 0) is 4.79 Å². The summed E-state index contributed by atoms with van der Waals surface area (Å²) >= 11 is 0. The van der Waals surface area contributed by atoms with Crippen molar-refractivity contribution in [3.8, 4) is 0 Å². The van der Waals surface area contributed by atoms with E-state index in [-0.39, 0.29) is 18.2 Å². The molecule has 1 aliphatic heterocycles. The molecule has 0 bridgehead atoms. The second-order valence-electron chi connectivity index (χ2n) is 4.05. The normalized spacial score (nSPS) is 22.1. The lowest BCUT2D eigenvalue weighted by Crippen LogP contribution is -2.32. The van der Waals surface area contributed by atoms with Crippen molar-refractivity contribution in [1.29, 1.82) is 0 Å². The first-order valence-corrected chi connectivity index (χ1v) is 5.41. The van der Waals surface area contributed by atoms with Gasteiger partial charge in [-0.1, -0.05) is 18.5 Å². The van der Waals surface area contributed by atoms with Gasteiger partial charge in [0.15, 0.2) is 0 Å². The van der Waals surface area contributed by atoms with E-state index in [1.54, 1.807) is 4.90 Å². The Morgan fingerprint density at radius 1 is 1.67 bits per heavy atom. The summed E-state index contributed by atoms with van der Waals surface area (Å²) in [5.74, 6) is 0.578. The molecule has 0 saturated carbocycles. The Labute approximate surface area is 89.9 Å². The van der Waals surface area contributed by atoms with E-state index in [4.69, 9.17) is 10.9 Å². The number of hydrogen-bond acceptors (Lipinski definition) is 3. The Morgan fingerprint density at radius 2 is 2.40 bits per heavy atom. The van der Waals surface area contributed by atoms with E-state index in [2.05, 4.69) is 12.1 Å². The average Bonchev–Trinajstić information content (AvgIpc) is 2.67. The minimum absolute atomic E-state index is 0.0149. The summed E-state index contributed by atoms with van der Waals surface area (Å²) < 4.78 is 0. The summed E-state index contributed by atoms with van der Waals surface area (Å²) in [6, 6.07) is 0. The van der Waals surface area contributed by atoms with Crippen LogP contribution >= 0.6 is 0 Å². The van der Waals surface area contributed by atoms with Crippen molar-refractivity contribution in [2.45, 2.75) is 32.6 Å². The highest BCUT2D eigenvalue weighted by molar-refractivity contribution is 5.98. The predicted molar refractivity (Wildman–Crippen MR) is 57.6 cm³/mol. The van der Waals surface area contributed by atoms with Gasteiger partial charge in [-0.15, -0.1) is 0 Å². The maximum atomic E-state index is 11.6. The third kappa shape index (κ3) is 3.42. The second kappa shape index (κ2) is 5.58. The van der Waals surface area contributed by atoms with Crippen LogP contribution in [0.1, 0.15) is 32.6 Å². The van der Waals surface area contributed by atoms with Gasteiger partial charge < -0.3 is 15.8 Å². The molecular weight excluding hydrogens is 194 g/mol. The molecular formula is C10H19N3O2. The van der Waals surface area contributed by atoms with Crippen molar-refractivity contribution in [3.05, 3.63) is 0 Å². The number of rotatable bonds is 4. The Bertz CT molecular complexity index is 253. The van der Waals surface area contributed by atoms with Crippen LogP contribution in [0.2, 0.25) is 0 Å². The Balaban J connectivity index is 2.36. The minimum Gasteiger partial charge on any atom is -0.409 e. The summed E-state index contributed by atoms with van der Waals surface area (Å²) in [5.41, 5.74) is 5.29. The molecule has 0 aromatic heterocycles. The lowest BCUT2D eigenvalue weighted by molar-refractivity contribution is -0.129. The molecule has 5 heteroatoms. The number of nitrogens with two attached hydrogens (primary N) is 1. The number of nitrogens with zero attached hydrogens (tertiary/aromatic N) is 2. The molecule has 1 amide bonds. The van der Waals surface area contributed by atoms with Gasteiger partial charge in [0.05, 0.1) is 6.42 Å². The topological polar surface area (TPSA) is 78.9 Å². The van der Waals surface area contributed by atoms with Gasteiger partial charge in [-0.2, -0.15) is 0 Å². The van der Waals surface area contributed by atoms with Crippen molar-refractivity contribution < 1.29 is 10.0 Å². The zero-order chi connectivity index (χ0) is 11.3. The average molecular weight is 213 g/mol. The van der Waals surface area contributed by atoms with Crippen LogP contribution < -0.4 is 5.73 Å². The van der Waals surface area contributed by atoms with E-state index in [1.165, 1.54) is 6.42 Å². The lowest BCUT2D eigenvalue weighted by Gasteiger charge is -2.15. The lowest BCUT2D eigenvalue weighted by atomic mass is 10.0. The Morgan fingerprint density at radius 3 is 3.00 bits per heavy atom. The van der Waals surface area contributed by atoms with Gasteiger partial charge in [0.25, 0.3) is 0 Å². The maximum absolute atomic E-state index is 11.6. The highest BCUT2D eigenvalue weighted by Gasteiger charge is 2.25. The molecule has 5 nitrogen and oxygen atoms in total. The molecule has 86 valence electrons. The first-order chi connectivity index (χ1) is 7.17. The largest absolute Gasteiger partial charge is 0.409 e. The van der Waals surface area contributed by atoms with Crippen molar-refractivity contribution in [2.75, 3.05) is 13.1 Å². The fraction of sp³-hybridized carbons (Fsp3) is 0.800. The molecule has 0 aromatic rings. The molecule has 1 aliphatic rings. The van der Waals surface area contributed by atoms with Gasteiger partial charge in [0.2, 0.25) is 5.91 Å². The van der Waals surface area contributed by atoms with E-state index in [1.807, 2.05) is 0 Å². The molecule has 0 aliphatic carbocycles. The first kappa shape index (κ1) is 11.8. The van der Waals surface area contributed by atoms with Crippen LogP contribution in [0.25, 0.3) is 0 Å². The van der Waals surface area contributed by atoms with E-state index >= 15 is 0 Å². The van der Waals surface area contributed by atoms with Crippen molar-refractivity contribution >= 4 is 11.7 Å². The number of amides is 1. The summed E-state index contributed by atoms with van der Waals surface area (Å²) in [5, 5.41) is 11.2. The van der Waals surface area contributed by atoms with Gasteiger partial charge in [0.1, 0.15) is 5.84 Å². The Kier molecular flexibility index (Phi) is 4.39. The molecule has 0 spiro atoms. The van der Waals surface area contributed by atoms with Gasteiger partial charge in [-0.05, 0) is 18.8 Å².